The summed E-state index contributed by atoms with van der Waals surface area (Å²) in [6, 6.07) is 10.2. The van der Waals surface area contributed by atoms with E-state index in [1.54, 1.807) is 30.5 Å². The van der Waals surface area contributed by atoms with Crippen LogP contribution in [0.4, 0.5) is 11.6 Å². The van der Waals surface area contributed by atoms with E-state index in [0.717, 1.165) is 50.3 Å². The highest BCUT2D eigenvalue weighted by Crippen LogP contribution is 2.21. The van der Waals surface area contributed by atoms with Gasteiger partial charge in [-0.2, -0.15) is 5.26 Å². The van der Waals surface area contributed by atoms with Crippen LogP contribution in [0, 0.1) is 11.3 Å². The van der Waals surface area contributed by atoms with Gasteiger partial charge in [0.25, 0.3) is 5.56 Å². The second-order valence-corrected chi connectivity index (χ2v) is 7.90. The molecule has 4 rings (SSSR count). The Hall–Kier alpha value is -3.86. The van der Waals surface area contributed by atoms with Crippen LogP contribution in [0.3, 0.4) is 0 Å². The smallest absolute Gasteiger partial charge is 0.258 e. The summed E-state index contributed by atoms with van der Waals surface area (Å²) in [5.74, 6) is 1.30. The van der Waals surface area contributed by atoms with Gasteiger partial charge < -0.3 is 15.4 Å². The number of rotatable bonds is 6. The fourth-order valence-electron chi connectivity index (χ4n) is 3.83. The first-order valence-corrected chi connectivity index (χ1v) is 10.8. The van der Waals surface area contributed by atoms with Crippen molar-refractivity contribution in [1.82, 2.24) is 14.5 Å². The van der Waals surface area contributed by atoms with Crippen LogP contribution in [-0.2, 0) is 6.42 Å². The van der Waals surface area contributed by atoms with Crippen molar-refractivity contribution in [2.45, 2.75) is 38.7 Å². The van der Waals surface area contributed by atoms with Gasteiger partial charge >= 0.3 is 0 Å². The van der Waals surface area contributed by atoms with Crippen molar-refractivity contribution in [3.63, 3.8) is 0 Å². The average molecular weight is 431 g/mol. The lowest BCUT2D eigenvalue weighted by atomic mass is 10.1. The van der Waals surface area contributed by atoms with E-state index in [4.69, 9.17) is 15.7 Å². The number of nitrogen functional groups attached to an aromatic ring is 1. The minimum atomic E-state index is -0.228. The van der Waals surface area contributed by atoms with Crippen LogP contribution in [0.1, 0.15) is 37.3 Å². The maximum Gasteiger partial charge on any atom is 0.258 e. The average Bonchev–Trinajstić information content (AvgIpc) is 2.81. The number of hydrogen-bond donors (Lipinski definition) is 1. The molecule has 32 heavy (non-hydrogen) atoms. The highest BCUT2D eigenvalue weighted by Gasteiger charge is 2.22. The van der Waals surface area contributed by atoms with Crippen LogP contribution >= 0.6 is 0 Å². The van der Waals surface area contributed by atoms with Gasteiger partial charge in [-0.15, -0.1) is 0 Å². The van der Waals surface area contributed by atoms with E-state index in [9.17, 15) is 4.79 Å². The van der Waals surface area contributed by atoms with Gasteiger partial charge in [-0.05, 0) is 36.2 Å². The van der Waals surface area contributed by atoms with E-state index in [1.165, 1.54) is 10.6 Å². The summed E-state index contributed by atoms with van der Waals surface area (Å²) >= 11 is 0. The number of aryl methyl sites for hydroxylation is 1. The first-order chi connectivity index (χ1) is 15.6. The van der Waals surface area contributed by atoms with Gasteiger partial charge in [-0.1, -0.05) is 13.3 Å². The summed E-state index contributed by atoms with van der Waals surface area (Å²) in [6.45, 7) is 3.75. The Balaban J connectivity index is 1.38. The Morgan fingerprint density at radius 2 is 1.94 bits per heavy atom. The van der Waals surface area contributed by atoms with Gasteiger partial charge in [0.15, 0.2) is 0 Å². The monoisotopic (exact) mass is 430 g/mol. The molecule has 0 unspecified atom stereocenters. The molecule has 0 radical (unpaired) electrons. The van der Waals surface area contributed by atoms with Crippen LogP contribution < -0.4 is 20.9 Å². The second kappa shape index (κ2) is 9.52. The molecule has 0 atom stereocenters. The van der Waals surface area contributed by atoms with Crippen molar-refractivity contribution in [2.24, 2.45) is 0 Å². The van der Waals surface area contributed by atoms with Gasteiger partial charge in [0.05, 0.1) is 11.3 Å². The molecule has 0 aliphatic carbocycles. The fourth-order valence-corrected chi connectivity index (χ4v) is 3.83. The highest BCUT2D eigenvalue weighted by molar-refractivity contribution is 5.58. The minimum absolute atomic E-state index is 0.0302. The van der Waals surface area contributed by atoms with E-state index in [1.807, 2.05) is 18.5 Å². The molecule has 0 spiro atoms. The maximum absolute atomic E-state index is 12.6. The number of hydrogen-bond acceptors (Lipinski definition) is 7. The number of nitrogens with two attached hydrogens (primary N) is 1. The normalized spacial score (nSPS) is 14.2. The van der Waals surface area contributed by atoms with Gasteiger partial charge in [-0.25, -0.2) is 9.97 Å². The summed E-state index contributed by atoms with van der Waals surface area (Å²) in [7, 11) is 0. The van der Waals surface area contributed by atoms with Crippen LogP contribution in [0.25, 0.3) is 5.69 Å². The minimum Gasteiger partial charge on any atom is -0.490 e. The molecular weight excluding hydrogens is 404 g/mol. The molecule has 2 aromatic heterocycles. The van der Waals surface area contributed by atoms with Crippen LogP contribution in [-0.4, -0.2) is 33.7 Å². The van der Waals surface area contributed by atoms with Crippen molar-refractivity contribution >= 4 is 11.6 Å². The molecule has 8 nitrogen and oxygen atoms in total. The Kier molecular flexibility index (Phi) is 6.36. The standard InChI is InChI=1S/C24H26N6O2/c1-2-3-17-15-27-24(28-16-17)29-9-6-20(7-10-29)32-21-8-11-30(23(31)13-21)19-4-5-22(26)18(12-19)14-25/h4-5,8,11-13,15-16,20H,2-3,6-7,9-10,26H2,1H3. The fraction of sp³-hybridized carbons (Fsp3) is 0.333. The molecule has 1 saturated heterocycles. The van der Waals surface area contributed by atoms with E-state index in [0.29, 0.717) is 22.7 Å². The van der Waals surface area contributed by atoms with E-state index in [2.05, 4.69) is 21.8 Å². The molecule has 1 aliphatic rings. The number of pyridine rings is 1. The van der Waals surface area contributed by atoms with Gasteiger partial charge in [-0.3, -0.25) is 9.36 Å². The van der Waals surface area contributed by atoms with Crippen LogP contribution in [0.2, 0.25) is 0 Å². The van der Waals surface area contributed by atoms with E-state index < -0.39 is 0 Å². The molecule has 3 aromatic rings. The summed E-state index contributed by atoms with van der Waals surface area (Å²) in [4.78, 5) is 23.8. The third-order valence-electron chi connectivity index (χ3n) is 5.58. The summed E-state index contributed by atoms with van der Waals surface area (Å²) in [5.41, 5.74) is 8.01. The Labute approximate surface area is 186 Å². The third-order valence-corrected chi connectivity index (χ3v) is 5.58. The van der Waals surface area contributed by atoms with E-state index >= 15 is 0 Å². The summed E-state index contributed by atoms with van der Waals surface area (Å²) in [6.07, 6.45) is 9.23. The molecule has 1 aromatic carbocycles. The molecule has 8 heteroatoms. The molecule has 164 valence electrons. The number of nitriles is 1. The summed E-state index contributed by atoms with van der Waals surface area (Å²) in [5, 5.41) is 9.16. The zero-order valence-corrected chi connectivity index (χ0v) is 18.1. The molecular formula is C24H26N6O2. The number of anilines is 2. The van der Waals surface area contributed by atoms with Crippen molar-refractivity contribution < 1.29 is 4.74 Å². The second-order valence-electron chi connectivity index (χ2n) is 7.90. The van der Waals surface area contributed by atoms with Crippen LogP contribution in [0.5, 0.6) is 5.75 Å². The first-order valence-electron chi connectivity index (χ1n) is 10.8. The molecule has 1 aliphatic heterocycles. The largest absolute Gasteiger partial charge is 0.490 e. The number of piperidine rings is 1. The quantitative estimate of drug-likeness (QED) is 0.598. The highest BCUT2D eigenvalue weighted by atomic mass is 16.5. The molecule has 0 saturated carbocycles. The number of nitrogens with zero attached hydrogens (tertiary/aromatic N) is 5. The lowest BCUT2D eigenvalue weighted by Gasteiger charge is -2.32. The number of benzene rings is 1. The van der Waals surface area contributed by atoms with Crippen molar-refractivity contribution in [2.75, 3.05) is 23.7 Å². The van der Waals surface area contributed by atoms with E-state index in [-0.39, 0.29) is 11.7 Å². The zero-order valence-electron chi connectivity index (χ0n) is 18.1. The Morgan fingerprint density at radius 1 is 1.19 bits per heavy atom. The lowest BCUT2D eigenvalue weighted by Crippen LogP contribution is -2.39. The number of ether oxygens (including phenoxy) is 1. The van der Waals surface area contributed by atoms with Gasteiger partial charge in [0.2, 0.25) is 5.95 Å². The van der Waals surface area contributed by atoms with Crippen molar-refractivity contribution in [1.29, 1.82) is 5.26 Å². The number of aromatic nitrogens is 3. The van der Waals surface area contributed by atoms with Crippen molar-refractivity contribution in [3.8, 4) is 17.5 Å². The zero-order chi connectivity index (χ0) is 22.5. The van der Waals surface area contributed by atoms with Gasteiger partial charge in [0, 0.05) is 56.3 Å². The Morgan fingerprint density at radius 3 is 2.59 bits per heavy atom. The van der Waals surface area contributed by atoms with Gasteiger partial charge in [0.1, 0.15) is 17.9 Å². The first kappa shape index (κ1) is 21.4. The predicted molar refractivity (Wildman–Crippen MR) is 123 cm³/mol. The Bertz CT molecular complexity index is 1170. The van der Waals surface area contributed by atoms with Crippen LogP contribution in [0.15, 0.2) is 53.7 Å². The SMILES string of the molecule is CCCc1cnc(N2CCC(Oc3ccn(-c4ccc(N)c(C#N)c4)c(=O)c3)CC2)nc1. The maximum atomic E-state index is 12.6. The lowest BCUT2D eigenvalue weighted by molar-refractivity contribution is 0.170. The predicted octanol–water partition coefficient (Wildman–Crippen LogP) is 3.08. The molecule has 0 amide bonds. The van der Waals surface area contributed by atoms with Crippen molar-refractivity contribution in [3.05, 3.63) is 70.4 Å². The topological polar surface area (TPSA) is 110 Å². The third kappa shape index (κ3) is 4.72. The molecule has 0 bridgehead atoms. The molecule has 2 N–H and O–H groups in total. The molecule has 3 heterocycles. The molecule has 1 fully saturated rings. The summed E-state index contributed by atoms with van der Waals surface area (Å²) < 4.78 is 7.54.